The number of carboxylic acids is 1. The van der Waals surface area contributed by atoms with E-state index >= 15 is 0 Å². The molecule has 7 nitrogen and oxygen atoms in total. The first-order valence-corrected chi connectivity index (χ1v) is 4.53. The van der Waals surface area contributed by atoms with Crippen LogP contribution in [0.4, 0.5) is 0 Å². The Morgan fingerprint density at radius 1 is 1.73 bits per heavy atom. The van der Waals surface area contributed by atoms with Gasteiger partial charge in [0.15, 0.2) is 0 Å². The lowest BCUT2D eigenvalue weighted by Crippen LogP contribution is -2.18. The molecular weight excluding hydrogens is 200 g/mol. The number of nitrogens with one attached hydrogen (secondary N) is 1. The smallest absolute Gasteiger partial charge is 0.325 e. The lowest BCUT2D eigenvalue weighted by atomic mass is 10.4. The third kappa shape index (κ3) is 4.52. The maximum Gasteiger partial charge on any atom is 0.325 e. The zero-order valence-corrected chi connectivity index (χ0v) is 8.51. The van der Waals surface area contributed by atoms with Gasteiger partial charge in [0.25, 0.3) is 0 Å². The fourth-order valence-electron chi connectivity index (χ4n) is 1.03. The number of aromatic nitrogens is 3. The molecule has 2 N–H and O–H groups in total. The van der Waals surface area contributed by atoms with Crippen LogP contribution in [-0.2, 0) is 22.6 Å². The van der Waals surface area contributed by atoms with Gasteiger partial charge in [-0.3, -0.25) is 4.79 Å². The summed E-state index contributed by atoms with van der Waals surface area (Å²) in [6.07, 6.45) is 1.61. The van der Waals surface area contributed by atoms with Crippen LogP contribution in [0.15, 0.2) is 6.20 Å². The Hall–Kier alpha value is -1.47. The van der Waals surface area contributed by atoms with Crippen LogP contribution in [0.2, 0.25) is 0 Å². The summed E-state index contributed by atoms with van der Waals surface area (Å²) in [5.74, 6) is -0.932. The minimum atomic E-state index is -0.932. The molecule has 0 bridgehead atoms. The SMILES string of the molecule is COCCNCc1cn(CC(=O)O)nn1. The maximum atomic E-state index is 10.4. The van der Waals surface area contributed by atoms with Crippen LogP contribution in [0, 0.1) is 0 Å². The van der Waals surface area contributed by atoms with Crippen LogP contribution in [0.1, 0.15) is 5.69 Å². The van der Waals surface area contributed by atoms with E-state index in [2.05, 4.69) is 15.6 Å². The molecule has 7 heteroatoms. The number of ether oxygens (including phenoxy) is 1. The van der Waals surface area contributed by atoms with E-state index in [1.54, 1.807) is 13.3 Å². The Balaban J connectivity index is 2.29. The van der Waals surface area contributed by atoms with Crippen LogP contribution < -0.4 is 5.32 Å². The molecule has 0 aliphatic rings. The van der Waals surface area contributed by atoms with Gasteiger partial charge < -0.3 is 15.2 Å². The van der Waals surface area contributed by atoms with Crippen LogP contribution in [-0.4, -0.2) is 46.3 Å². The quantitative estimate of drug-likeness (QED) is 0.572. The van der Waals surface area contributed by atoms with Crippen molar-refractivity contribution in [2.24, 2.45) is 0 Å². The summed E-state index contributed by atoms with van der Waals surface area (Å²) >= 11 is 0. The molecule has 0 saturated carbocycles. The Kier molecular flexibility index (Phi) is 4.72. The fraction of sp³-hybridized carbons (Fsp3) is 0.625. The summed E-state index contributed by atoms with van der Waals surface area (Å²) in [4.78, 5) is 10.4. The average molecular weight is 214 g/mol. The van der Waals surface area contributed by atoms with E-state index in [9.17, 15) is 4.79 Å². The van der Waals surface area contributed by atoms with Crippen LogP contribution >= 0.6 is 0 Å². The largest absolute Gasteiger partial charge is 0.480 e. The summed E-state index contributed by atoms with van der Waals surface area (Å²) < 4.78 is 6.14. The molecule has 0 saturated heterocycles. The standard InChI is InChI=1S/C8H14N4O3/c1-15-3-2-9-4-7-5-12(11-10-7)6-8(13)14/h5,9H,2-4,6H2,1H3,(H,13,14). The Morgan fingerprint density at radius 2 is 2.53 bits per heavy atom. The first-order chi connectivity index (χ1) is 7.22. The number of aliphatic carboxylic acids is 1. The summed E-state index contributed by atoms with van der Waals surface area (Å²) in [7, 11) is 1.63. The Labute approximate surface area is 87.0 Å². The van der Waals surface area contributed by atoms with Crippen LogP contribution in [0.25, 0.3) is 0 Å². The number of hydrogen-bond donors (Lipinski definition) is 2. The minimum absolute atomic E-state index is 0.162. The normalized spacial score (nSPS) is 10.5. The van der Waals surface area contributed by atoms with Gasteiger partial charge in [-0.15, -0.1) is 5.10 Å². The maximum absolute atomic E-state index is 10.4. The van der Waals surface area contributed by atoms with Crippen LogP contribution in [0.3, 0.4) is 0 Å². The van der Waals surface area contributed by atoms with E-state index < -0.39 is 5.97 Å². The Bertz CT molecular complexity index is 313. The zero-order chi connectivity index (χ0) is 11.1. The number of hydrogen-bond acceptors (Lipinski definition) is 5. The molecule has 0 aliphatic heterocycles. The predicted molar refractivity (Wildman–Crippen MR) is 51.2 cm³/mol. The number of nitrogens with zero attached hydrogens (tertiary/aromatic N) is 3. The van der Waals surface area contributed by atoms with Crippen molar-refractivity contribution in [3.63, 3.8) is 0 Å². The topological polar surface area (TPSA) is 89.3 Å². The molecule has 0 amide bonds. The van der Waals surface area contributed by atoms with E-state index in [4.69, 9.17) is 9.84 Å². The lowest BCUT2D eigenvalue weighted by Gasteiger charge is -1.99. The third-order valence-electron chi connectivity index (χ3n) is 1.67. The number of carboxylic acid groups (broad SMARTS) is 1. The molecular formula is C8H14N4O3. The van der Waals surface area contributed by atoms with Gasteiger partial charge in [0.1, 0.15) is 6.54 Å². The van der Waals surface area contributed by atoms with Gasteiger partial charge in [-0.25, -0.2) is 4.68 Å². The highest BCUT2D eigenvalue weighted by Gasteiger charge is 2.03. The van der Waals surface area contributed by atoms with Crippen molar-refractivity contribution in [1.82, 2.24) is 20.3 Å². The molecule has 1 aromatic rings. The first kappa shape index (κ1) is 11.6. The van der Waals surface area contributed by atoms with E-state index in [0.717, 1.165) is 6.54 Å². The molecule has 0 fully saturated rings. The molecule has 1 aromatic heterocycles. The van der Waals surface area contributed by atoms with Gasteiger partial charge in [0, 0.05) is 20.2 Å². The summed E-state index contributed by atoms with van der Waals surface area (Å²) in [5, 5.41) is 19.1. The zero-order valence-electron chi connectivity index (χ0n) is 8.51. The molecule has 0 aliphatic carbocycles. The van der Waals surface area contributed by atoms with Gasteiger partial charge in [-0.1, -0.05) is 5.21 Å². The molecule has 0 spiro atoms. The average Bonchev–Trinajstić information content (AvgIpc) is 2.59. The van der Waals surface area contributed by atoms with Crippen molar-refractivity contribution >= 4 is 5.97 Å². The highest BCUT2D eigenvalue weighted by Crippen LogP contribution is 1.92. The molecule has 0 atom stereocenters. The fourth-order valence-corrected chi connectivity index (χ4v) is 1.03. The van der Waals surface area contributed by atoms with Crippen LogP contribution in [0.5, 0.6) is 0 Å². The van der Waals surface area contributed by atoms with E-state index in [0.29, 0.717) is 18.8 Å². The predicted octanol–water partition coefficient (Wildman–Crippen LogP) is -0.901. The molecule has 15 heavy (non-hydrogen) atoms. The first-order valence-electron chi connectivity index (χ1n) is 4.53. The van der Waals surface area contributed by atoms with Crippen molar-refractivity contribution in [2.75, 3.05) is 20.3 Å². The van der Waals surface area contributed by atoms with E-state index in [1.165, 1.54) is 4.68 Å². The Morgan fingerprint density at radius 3 is 3.20 bits per heavy atom. The molecule has 1 rings (SSSR count). The number of rotatable bonds is 7. The van der Waals surface area contributed by atoms with E-state index in [1.807, 2.05) is 0 Å². The highest BCUT2D eigenvalue weighted by atomic mass is 16.5. The summed E-state index contributed by atoms with van der Waals surface area (Å²) in [6, 6.07) is 0. The van der Waals surface area contributed by atoms with Gasteiger partial charge in [0.05, 0.1) is 18.5 Å². The molecule has 0 radical (unpaired) electrons. The number of carbonyl (C=O) groups is 1. The second-order valence-electron chi connectivity index (χ2n) is 2.97. The number of methoxy groups -OCH3 is 1. The monoisotopic (exact) mass is 214 g/mol. The second-order valence-corrected chi connectivity index (χ2v) is 2.97. The van der Waals surface area contributed by atoms with Crippen molar-refractivity contribution in [2.45, 2.75) is 13.1 Å². The molecule has 0 aromatic carbocycles. The van der Waals surface area contributed by atoms with Crippen molar-refractivity contribution < 1.29 is 14.6 Å². The summed E-state index contributed by atoms with van der Waals surface area (Å²) in [5.41, 5.74) is 0.715. The van der Waals surface area contributed by atoms with Crippen molar-refractivity contribution in [3.05, 3.63) is 11.9 Å². The molecule has 1 heterocycles. The lowest BCUT2D eigenvalue weighted by molar-refractivity contribution is -0.137. The van der Waals surface area contributed by atoms with Gasteiger partial charge in [-0.05, 0) is 0 Å². The second kappa shape index (κ2) is 6.10. The van der Waals surface area contributed by atoms with Gasteiger partial charge in [0.2, 0.25) is 0 Å². The summed E-state index contributed by atoms with van der Waals surface area (Å²) in [6.45, 7) is 1.75. The van der Waals surface area contributed by atoms with E-state index in [-0.39, 0.29) is 6.54 Å². The highest BCUT2D eigenvalue weighted by molar-refractivity contribution is 5.66. The molecule has 0 unspecified atom stereocenters. The third-order valence-corrected chi connectivity index (χ3v) is 1.67. The molecule has 84 valence electrons. The van der Waals surface area contributed by atoms with Gasteiger partial charge in [-0.2, -0.15) is 0 Å². The van der Waals surface area contributed by atoms with Crippen molar-refractivity contribution in [3.8, 4) is 0 Å². The minimum Gasteiger partial charge on any atom is -0.480 e. The van der Waals surface area contributed by atoms with Crippen molar-refractivity contribution in [1.29, 1.82) is 0 Å². The van der Waals surface area contributed by atoms with Gasteiger partial charge >= 0.3 is 5.97 Å².